The molecule has 1 N–H and O–H groups in total. The van der Waals surface area contributed by atoms with Crippen molar-refractivity contribution in [2.45, 2.75) is 13.0 Å². The summed E-state index contributed by atoms with van der Waals surface area (Å²) in [5.41, 5.74) is 2.68. The summed E-state index contributed by atoms with van der Waals surface area (Å²) in [6, 6.07) is 17.9. The minimum atomic E-state index is 0.0553. The monoisotopic (exact) mass is 344 g/mol. The van der Waals surface area contributed by atoms with Crippen LogP contribution in [-0.4, -0.2) is 27.3 Å². The second-order valence-electron chi connectivity index (χ2n) is 6.59. The molecule has 130 valence electrons. The molecular formula is C21H20N4O. The predicted molar refractivity (Wildman–Crippen MR) is 101 cm³/mol. The summed E-state index contributed by atoms with van der Waals surface area (Å²) in [4.78, 5) is 23.2. The van der Waals surface area contributed by atoms with Crippen LogP contribution in [0.5, 0.6) is 0 Å². The molecule has 1 aliphatic rings. The van der Waals surface area contributed by atoms with Crippen molar-refractivity contribution >= 4 is 17.4 Å². The van der Waals surface area contributed by atoms with Crippen molar-refractivity contribution in [2.75, 3.05) is 11.9 Å². The lowest BCUT2D eigenvalue weighted by molar-refractivity contribution is 0.0198. The minimum absolute atomic E-state index is 0.0553. The molecule has 2 heterocycles. The van der Waals surface area contributed by atoms with Gasteiger partial charge in [-0.2, -0.15) is 0 Å². The number of nitrogens with zero attached hydrogens (tertiary/aromatic N) is 3. The maximum absolute atomic E-state index is 13.0. The van der Waals surface area contributed by atoms with Gasteiger partial charge in [0.25, 0.3) is 5.91 Å². The molecule has 3 aromatic rings. The second kappa shape index (κ2) is 6.96. The van der Waals surface area contributed by atoms with Crippen LogP contribution in [-0.2, 0) is 0 Å². The summed E-state index contributed by atoms with van der Waals surface area (Å²) < 4.78 is 0. The molecule has 1 aliphatic heterocycles. The van der Waals surface area contributed by atoms with Gasteiger partial charge in [-0.15, -0.1) is 0 Å². The largest absolute Gasteiger partial charge is 0.339 e. The molecule has 0 saturated carbocycles. The first-order valence-electron chi connectivity index (χ1n) is 8.71. The number of rotatable bonds is 4. The Bertz CT molecular complexity index is 898. The first kappa shape index (κ1) is 16.3. The van der Waals surface area contributed by atoms with Gasteiger partial charge in [0.2, 0.25) is 0 Å². The first-order valence-corrected chi connectivity index (χ1v) is 8.71. The van der Waals surface area contributed by atoms with Gasteiger partial charge in [0.1, 0.15) is 5.82 Å². The van der Waals surface area contributed by atoms with Crippen molar-refractivity contribution in [3.05, 3.63) is 84.3 Å². The quantitative estimate of drug-likeness (QED) is 0.775. The van der Waals surface area contributed by atoms with E-state index >= 15 is 0 Å². The molecule has 5 nitrogen and oxygen atoms in total. The highest BCUT2D eigenvalue weighted by atomic mass is 16.2. The summed E-state index contributed by atoms with van der Waals surface area (Å²) in [7, 11) is 0. The summed E-state index contributed by atoms with van der Waals surface area (Å²) in [6.45, 7) is 2.97. The van der Waals surface area contributed by atoms with Crippen molar-refractivity contribution in [1.82, 2.24) is 14.9 Å². The van der Waals surface area contributed by atoms with Crippen molar-refractivity contribution in [1.29, 1.82) is 0 Å². The van der Waals surface area contributed by atoms with Gasteiger partial charge >= 0.3 is 0 Å². The van der Waals surface area contributed by atoms with E-state index in [1.165, 1.54) is 5.56 Å². The van der Waals surface area contributed by atoms with Crippen LogP contribution in [0.2, 0.25) is 0 Å². The lowest BCUT2D eigenvalue weighted by atomic mass is 9.84. The van der Waals surface area contributed by atoms with E-state index in [9.17, 15) is 4.79 Å². The van der Waals surface area contributed by atoms with E-state index in [2.05, 4.69) is 34.3 Å². The Balaban J connectivity index is 1.54. The highest BCUT2D eigenvalue weighted by Gasteiger charge is 2.40. The van der Waals surface area contributed by atoms with Crippen LogP contribution in [0.3, 0.4) is 0 Å². The van der Waals surface area contributed by atoms with Gasteiger partial charge in [0.15, 0.2) is 0 Å². The standard InChI is InChI=1S/C21H20N4O/c1-15-14-25(20(15)16-6-3-2-4-7-16)21(26)17-8-5-9-18(12-17)24-19-13-22-10-11-23-19/h2-13,15,20H,14H2,1H3,(H,23,24). The molecule has 1 fully saturated rings. The first-order chi connectivity index (χ1) is 12.7. The van der Waals surface area contributed by atoms with E-state index in [4.69, 9.17) is 0 Å². The van der Waals surface area contributed by atoms with E-state index in [0.717, 1.165) is 12.2 Å². The van der Waals surface area contributed by atoms with Crippen molar-refractivity contribution < 1.29 is 4.79 Å². The van der Waals surface area contributed by atoms with Crippen LogP contribution >= 0.6 is 0 Å². The third-order valence-electron chi connectivity index (χ3n) is 4.71. The van der Waals surface area contributed by atoms with Gasteiger partial charge in [-0.05, 0) is 29.7 Å². The number of anilines is 2. The Hall–Kier alpha value is -3.21. The average Bonchev–Trinajstić information content (AvgIpc) is 2.67. The van der Waals surface area contributed by atoms with Crippen LogP contribution in [0.4, 0.5) is 11.5 Å². The average molecular weight is 344 g/mol. The summed E-state index contributed by atoms with van der Waals surface area (Å²) in [5.74, 6) is 1.17. The lowest BCUT2D eigenvalue weighted by Gasteiger charge is -2.47. The number of carbonyl (C=O) groups is 1. The van der Waals surface area contributed by atoms with Gasteiger partial charge in [-0.3, -0.25) is 9.78 Å². The highest BCUT2D eigenvalue weighted by Crippen LogP contribution is 2.39. The fourth-order valence-electron chi connectivity index (χ4n) is 3.47. The molecule has 1 aromatic heterocycles. The number of hydrogen-bond acceptors (Lipinski definition) is 4. The van der Waals surface area contributed by atoms with Crippen LogP contribution in [0.1, 0.15) is 28.9 Å². The van der Waals surface area contributed by atoms with Gasteiger partial charge in [-0.1, -0.05) is 43.3 Å². The Morgan fingerprint density at radius 3 is 2.69 bits per heavy atom. The molecule has 2 atom stereocenters. The molecular weight excluding hydrogens is 324 g/mol. The second-order valence-corrected chi connectivity index (χ2v) is 6.59. The van der Waals surface area contributed by atoms with E-state index in [1.807, 2.05) is 47.4 Å². The van der Waals surface area contributed by atoms with Crippen LogP contribution in [0.15, 0.2) is 73.2 Å². The third-order valence-corrected chi connectivity index (χ3v) is 4.71. The van der Waals surface area contributed by atoms with Gasteiger partial charge in [-0.25, -0.2) is 4.98 Å². The van der Waals surface area contributed by atoms with E-state index in [0.29, 0.717) is 17.3 Å². The molecule has 0 spiro atoms. The SMILES string of the molecule is CC1CN(C(=O)c2cccc(Nc3cnccn3)c2)C1c1ccccc1. The molecule has 0 bridgehead atoms. The Labute approximate surface area is 152 Å². The molecule has 2 aromatic carbocycles. The van der Waals surface area contributed by atoms with Crippen molar-refractivity contribution in [2.24, 2.45) is 5.92 Å². The van der Waals surface area contributed by atoms with E-state index in [1.54, 1.807) is 18.6 Å². The minimum Gasteiger partial charge on any atom is -0.339 e. The molecule has 0 aliphatic carbocycles. The molecule has 0 radical (unpaired) electrons. The fraction of sp³-hybridized carbons (Fsp3) is 0.190. The molecule has 1 amide bonds. The van der Waals surface area contributed by atoms with Crippen LogP contribution in [0, 0.1) is 5.92 Å². The van der Waals surface area contributed by atoms with Crippen LogP contribution < -0.4 is 5.32 Å². The molecule has 4 rings (SSSR count). The van der Waals surface area contributed by atoms with E-state index in [-0.39, 0.29) is 11.9 Å². The highest BCUT2D eigenvalue weighted by molar-refractivity contribution is 5.96. The van der Waals surface area contributed by atoms with Crippen molar-refractivity contribution in [3.8, 4) is 0 Å². The third kappa shape index (κ3) is 3.16. The number of likely N-dealkylation sites (tertiary alicyclic amines) is 1. The van der Waals surface area contributed by atoms with Gasteiger partial charge in [0, 0.05) is 30.2 Å². The molecule has 5 heteroatoms. The number of aromatic nitrogens is 2. The number of benzene rings is 2. The number of nitrogens with one attached hydrogen (secondary N) is 1. The Morgan fingerprint density at radius 1 is 1.12 bits per heavy atom. The summed E-state index contributed by atoms with van der Waals surface area (Å²) in [6.07, 6.45) is 4.90. The predicted octanol–water partition coefficient (Wildman–Crippen LogP) is 4.05. The normalized spacial score (nSPS) is 18.9. The maximum Gasteiger partial charge on any atom is 0.254 e. The Kier molecular flexibility index (Phi) is 4.35. The Morgan fingerprint density at radius 2 is 1.96 bits per heavy atom. The topological polar surface area (TPSA) is 58.1 Å². The zero-order chi connectivity index (χ0) is 17.9. The summed E-state index contributed by atoms with van der Waals surface area (Å²) in [5, 5.41) is 3.18. The number of amides is 1. The smallest absolute Gasteiger partial charge is 0.254 e. The zero-order valence-corrected chi connectivity index (χ0v) is 14.5. The fourth-order valence-corrected chi connectivity index (χ4v) is 3.47. The zero-order valence-electron chi connectivity index (χ0n) is 14.5. The summed E-state index contributed by atoms with van der Waals surface area (Å²) >= 11 is 0. The molecule has 1 saturated heterocycles. The van der Waals surface area contributed by atoms with Crippen LogP contribution in [0.25, 0.3) is 0 Å². The molecule has 2 unspecified atom stereocenters. The lowest BCUT2D eigenvalue weighted by Crippen LogP contribution is -2.51. The molecule has 26 heavy (non-hydrogen) atoms. The number of hydrogen-bond donors (Lipinski definition) is 1. The van der Waals surface area contributed by atoms with E-state index < -0.39 is 0 Å². The van der Waals surface area contributed by atoms with Gasteiger partial charge in [0.05, 0.1) is 12.2 Å². The van der Waals surface area contributed by atoms with Crippen molar-refractivity contribution in [3.63, 3.8) is 0 Å². The number of carbonyl (C=O) groups excluding carboxylic acids is 1. The maximum atomic E-state index is 13.0. The van der Waals surface area contributed by atoms with Gasteiger partial charge < -0.3 is 10.2 Å².